The fourth-order valence-electron chi connectivity index (χ4n) is 3.24. The molecule has 0 spiro atoms. The van der Waals surface area contributed by atoms with Gasteiger partial charge in [-0.25, -0.2) is 0 Å². The van der Waals surface area contributed by atoms with Gasteiger partial charge in [0.1, 0.15) is 0 Å². The van der Waals surface area contributed by atoms with E-state index in [9.17, 15) is 4.79 Å². The van der Waals surface area contributed by atoms with Crippen molar-refractivity contribution in [2.24, 2.45) is 0 Å². The lowest BCUT2D eigenvalue weighted by Crippen LogP contribution is -2.48. The number of piperazine rings is 1. The van der Waals surface area contributed by atoms with E-state index in [1.807, 2.05) is 39.9 Å². The van der Waals surface area contributed by atoms with Crippen molar-refractivity contribution in [1.29, 1.82) is 0 Å². The highest BCUT2D eigenvalue weighted by molar-refractivity contribution is 9.11. The van der Waals surface area contributed by atoms with Gasteiger partial charge in [-0.2, -0.15) is 0 Å². The molecule has 1 aliphatic heterocycles. The van der Waals surface area contributed by atoms with Crippen molar-refractivity contribution in [3.05, 3.63) is 67.8 Å². The average Bonchev–Trinajstić information content (AvgIpc) is 3.30. The number of aromatic amines is 1. The number of aromatic nitrogens is 2. The Morgan fingerprint density at radius 3 is 2.44 bits per heavy atom. The number of nitrogens with zero attached hydrogens (tertiary/aromatic N) is 3. The van der Waals surface area contributed by atoms with Crippen LogP contribution in [-0.4, -0.2) is 51.4 Å². The lowest BCUT2D eigenvalue weighted by atomic mass is 10.1. The lowest BCUT2D eigenvalue weighted by molar-refractivity contribution is 0.0629. The average molecular weight is 463 g/mol. The van der Waals surface area contributed by atoms with Crippen molar-refractivity contribution in [2.75, 3.05) is 26.2 Å². The second-order valence-corrected chi connectivity index (χ2v) is 9.39. The van der Waals surface area contributed by atoms with E-state index in [0.29, 0.717) is 4.77 Å². The minimum atomic E-state index is 0.0951. The van der Waals surface area contributed by atoms with Gasteiger partial charge in [-0.3, -0.25) is 14.3 Å². The molecule has 1 aliphatic rings. The first kappa shape index (κ1) is 18.6. The first-order valence-corrected chi connectivity index (χ1v) is 10.7. The van der Waals surface area contributed by atoms with E-state index in [1.54, 1.807) is 17.5 Å². The Morgan fingerprint density at radius 2 is 1.85 bits per heavy atom. The molecular weight excluding hydrogens is 444 g/mol. The molecule has 0 unspecified atom stereocenters. The normalized spacial score (nSPS) is 15.2. The molecule has 140 valence electrons. The summed E-state index contributed by atoms with van der Waals surface area (Å²) in [5.74, 6) is 0.0951. The summed E-state index contributed by atoms with van der Waals surface area (Å²) in [6.45, 7) is 4.27. The number of rotatable bonds is 4. The third-order valence-electron chi connectivity index (χ3n) is 4.71. The molecule has 0 atom stereocenters. The molecule has 0 saturated carbocycles. The van der Waals surface area contributed by atoms with Crippen LogP contribution in [0.15, 0.2) is 52.6 Å². The van der Waals surface area contributed by atoms with Gasteiger partial charge in [0, 0.05) is 61.2 Å². The maximum absolute atomic E-state index is 12.8. The molecule has 2 aromatic heterocycles. The molecule has 4 rings (SSSR count). The zero-order chi connectivity index (χ0) is 18.8. The Labute approximate surface area is 175 Å². The second-order valence-electron chi connectivity index (χ2n) is 6.46. The van der Waals surface area contributed by atoms with E-state index >= 15 is 0 Å². The molecule has 0 bridgehead atoms. The number of nitrogens with one attached hydrogen (secondary N) is 1. The summed E-state index contributed by atoms with van der Waals surface area (Å²) in [5.41, 5.74) is 1.67. The molecule has 1 N–H and O–H groups in total. The maximum atomic E-state index is 12.8. The number of carbonyl (C=O) groups is 1. The highest BCUT2D eigenvalue weighted by Gasteiger charge is 2.22. The Bertz CT molecular complexity index is 984. The Kier molecular flexibility index (Phi) is 5.58. The molecule has 0 aliphatic carbocycles. The summed E-state index contributed by atoms with van der Waals surface area (Å²) in [4.78, 5) is 21.5. The topological polar surface area (TPSA) is 44.3 Å². The predicted octanol–water partition coefficient (Wildman–Crippen LogP) is 4.32. The van der Waals surface area contributed by atoms with E-state index in [2.05, 4.69) is 37.9 Å². The van der Waals surface area contributed by atoms with Crippen LogP contribution in [0.4, 0.5) is 0 Å². The van der Waals surface area contributed by atoms with Crippen LogP contribution in [0.25, 0.3) is 5.69 Å². The molecule has 3 heterocycles. The van der Waals surface area contributed by atoms with Gasteiger partial charge in [-0.15, -0.1) is 11.3 Å². The minimum Gasteiger partial charge on any atom is -0.337 e. The summed E-state index contributed by atoms with van der Waals surface area (Å²) in [7, 11) is 0. The van der Waals surface area contributed by atoms with Crippen LogP contribution in [0.5, 0.6) is 0 Å². The van der Waals surface area contributed by atoms with E-state index in [0.717, 1.165) is 47.8 Å². The molecule has 3 aromatic rings. The Hall–Kier alpha value is -1.74. The van der Waals surface area contributed by atoms with Crippen LogP contribution in [0, 0.1) is 4.77 Å². The van der Waals surface area contributed by atoms with Crippen molar-refractivity contribution in [2.45, 2.75) is 6.54 Å². The Morgan fingerprint density at radius 1 is 1.11 bits per heavy atom. The second kappa shape index (κ2) is 8.10. The zero-order valence-corrected chi connectivity index (χ0v) is 17.8. The molecular formula is C19H19BrN4OS2. The molecule has 8 heteroatoms. The third kappa shape index (κ3) is 4.24. The van der Waals surface area contributed by atoms with Crippen LogP contribution in [0.2, 0.25) is 0 Å². The number of halogens is 1. The smallest absolute Gasteiger partial charge is 0.253 e. The molecule has 0 radical (unpaired) electrons. The summed E-state index contributed by atoms with van der Waals surface area (Å²) < 4.78 is 3.68. The summed E-state index contributed by atoms with van der Waals surface area (Å²) in [5, 5.41) is 0. The SMILES string of the molecule is O=C(c1ccc(-n2cc[nH]c2=S)cc1)N1CCN(Cc2ccc(Br)s2)CC1. The third-order valence-corrected chi connectivity index (χ3v) is 6.63. The first-order valence-electron chi connectivity index (χ1n) is 8.72. The van der Waals surface area contributed by atoms with Crippen LogP contribution >= 0.6 is 39.5 Å². The summed E-state index contributed by atoms with van der Waals surface area (Å²) >= 11 is 10.5. The largest absolute Gasteiger partial charge is 0.337 e. The number of hydrogen-bond donors (Lipinski definition) is 1. The number of benzene rings is 1. The molecule has 1 fully saturated rings. The van der Waals surface area contributed by atoms with Crippen molar-refractivity contribution in [3.63, 3.8) is 0 Å². The summed E-state index contributed by atoms with van der Waals surface area (Å²) in [6.07, 6.45) is 3.68. The predicted molar refractivity (Wildman–Crippen MR) is 114 cm³/mol. The molecule has 1 saturated heterocycles. The van der Waals surface area contributed by atoms with Crippen LogP contribution in [-0.2, 0) is 6.54 Å². The molecule has 1 amide bonds. The minimum absolute atomic E-state index is 0.0951. The fourth-order valence-corrected chi connectivity index (χ4v) is 5.00. The standard InChI is InChI=1S/C19H19BrN4OS2/c20-17-6-5-16(27-17)13-22-9-11-23(12-10-22)18(25)14-1-3-15(4-2-14)24-8-7-21-19(24)26/h1-8H,9-13H2,(H,21,26). The van der Waals surface area contributed by atoms with Gasteiger partial charge in [-0.05, 0) is 64.5 Å². The van der Waals surface area contributed by atoms with Crippen molar-refractivity contribution in [3.8, 4) is 5.69 Å². The van der Waals surface area contributed by atoms with E-state index < -0.39 is 0 Å². The monoisotopic (exact) mass is 462 g/mol. The van der Waals surface area contributed by atoms with Gasteiger partial charge in [0.05, 0.1) is 3.79 Å². The number of H-pyrrole nitrogens is 1. The van der Waals surface area contributed by atoms with E-state index in [-0.39, 0.29) is 5.91 Å². The van der Waals surface area contributed by atoms with E-state index in [4.69, 9.17) is 12.2 Å². The van der Waals surface area contributed by atoms with E-state index in [1.165, 1.54) is 4.88 Å². The lowest BCUT2D eigenvalue weighted by Gasteiger charge is -2.34. The summed E-state index contributed by atoms with van der Waals surface area (Å²) in [6, 6.07) is 11.9. The quantitative estimate of drug-likeness (QED) is 0.587. The number of carbonyl (C=O) groups excluding carboxylic acids is 1. The van der Waals surface area contributed by atoms with Gasteiger partial charge < -0.3 is 9.88 Å². The number of thiophene rings is 1. The van der Waals surface area contributed by atoms with Gasteiger partial charge in [0.25, 0.3) is 5.91 Å². The van der Waals surface area contributed by atoms with Gasteiger partial charge in [0.15, 0.2) is 4.77 Å². The zero-order valence-electron chi connectivity index (χ0n) is 14.6. The van der Waals surface area contributed by atoms with Crippen molar-refractivity contribution < 1.29 is 4.79 Å². The van der Waals surface area contributed by atoms with Crippen molar-refractivity contribution in [1.82, 2.24) is 19.4 Å². The Balaban J connectivity index is 1.36. The highest BCUT2D eigenvalue weighted by atomic mass is 79.9. The van der Waals surface area contributed by atoms with Crippen LogP contribution in [0.1, 0.15) is 15.2 Å². The van der Waals surface area contributed by atoms with Gasteiger partial charge in [-0.1, -0.05) is 0 Å². The number of amides is 1. The van der Waals surface area contributed by atoms with Crippen LogP contribution < -0.4 is 0 Å². The molecule has 1 aromatic carbocycles. The molecule has 27 heavy (non-hydrogen) atoms. The van der Waals surface area contributed by atoms with Gasteiger partial charge >= 0.3 is 0 Å². The van der Waals surface area contributed by atoms with Crippen LogP contribution in [0.3, 0.4) is 0 Å². The molecule has 5 nitrogen and oxygen atoms in total. The highest BCUT2D eigenvalue weighted by Crippen LogP contribution is 2.24. The number of imidazole rings is 1. The first-order chi connectivity index (χ1) is 13.1. The maximum Gasteiger partial charge on any atom is 0.253 e. The van der Waals surface area contributed by atoms with Crippen molar-refractivity contribution >= 4 is 45.4 Å². The van der Waals surface area contributed by atoms with Gasteiger partial charge in [0.2, 0.25) is 0 Å². The fraction of sp³-hybridized carbons (Fsp3) is 0.263. The number of hydrogen-bond acceptors (Lipinski definition) is 4.